The van der Waals surface area contributed by atoms with Crippen molar-refractivity contribution in [2.24, 2.45) is 0 Å². The van der Waals surface area contributed by atoms with Gasteiger partial charge in [-0.2, -0.15) is 0 Å². The van der Waals surface area contributed by atoms with Gasteiger partial charge in [-0.05, 0) is 11.6 Å². The molecule has 0 spiro atoms. The van der Waals surface area contributed by atoms with Gasteiger partial charge in [-0.15, -0.1) is 0 Å². The molecule has 0 N–H and O–H groups in total. The first-order valence-electron chi connectivity index (χ1n) is 3.79. The van der Waals surface area contributed by atoms with Crippen LogP contribution in [0.25, 0.3) is 0 Å². The Kier molecular flexibility index (Phi) is 1.93. The highest BCUT2D eigenvalue weighted by atomic mass is 35.5. The Balaban J connectivity index is 2.73. The summed E-state index contributed by atoms with van der Waals surface area (Å²) in [5.41, 5.74) is 0.773. The number of hydrogen-bond donors (Lipinski definition) is 0. The van der Waals surface area contributed by atoms with Crippen molar-refractivity contribution in [2.75, 3.05) is 0 Å². The second-order valence-electron chi connectivity index (χ2n) is 2.89. The number of rotatable bonds is 0. The van der Waals surface area contributed by atoms with E-state index in [0.717, 1.165) is 11.0 Å². The maximum atomic E-state index is 11.5. The molecule has 0 radical (unpaired) electrons. The van der Waals surface area contributed by atoms with Crippen LogP contribution >= 0.6 is 11.6 Å². The van der Waals surface area contributed by atoms with Crippen LogP contribution in [0.5, 0.6) is 0 Å². The van der Waals surface area contributed by atoms with E-state index in [0.29, 0.717) is 16.3 Å². The van der Waals surface area contributed by atoms with E-state index in [1.165, 1.54) is 0 Å². The summed E-state index contributed by atoms with van der Waals surface area (Å²) in [4.78, 5) is 0.374. The van der Waals surface area contributed by atoms with Gasteiger partial charge >= 0.3 is 0 Å². The zero-order chi connectivity index (χ0) is 9.47. The van der Waals surface area contributed by atoms with Crippen LogP contribution in [-0.2, 0) is 16.3 Å². The van der Waals surface area contributed by atoms with Gasteiger partial charge in [0.25, 0.3) is 0 Å². The molecule has 0 saturated carbocycles. The molecule has 2 rings (SSSR count). The van der Waals surface area contributed by atoms with Gasteiger partial charge in [0.05, 0.1) is 10.3 Å². The van der Waals surface area contributed by atoms with E-state index in [1.807, 2.05) is 6.07 Å². The molecule has 0 amide bonds. The molecule has 1 aliphatic heterocycles. The lowest BCUT2D eigenvalue weighted by molar-refractivity contribution is 0.602. The van der Waals surface area contributed by atoms with Gasteiger partial charge in [0.15, 0.2) is 0 Å². The summed E-state index contributed by atoms with van der Waals surface area (Å²) in [5.74, 6) is 0. The fraction of sp³-hybridized carbons (Fsp3) is 0.111. The number of halogens is 1. The Morgan fingerprint density at radius 2 is 1.92 bits per heavy atom. The topological polar surface area (TPSA) is 34.1 Å². The Morgan fingerprint density at radius 3 is 2.69 bits per heavy atom. The molecule has 13 heavy (non-hydrogen) atoms. The van der Waals surface area contributed by atoms with E-state index in [9.17, 15) is 8.42 Å². The zero-order valence-corrected chi connectivity index (χ0v) is 8.27. The molecule has 4 heteroatoms. The number of sulfone groups is 1. The van der Waals surface area contributed by atoms with Gasteiger partial charge in [0, 0.05) is 11.5 Å². The molecule has 0 fully saturated rings. The van der Waals surface area contributed by atoms with Crippen molar-refractivity contribution in [3.05, 3.63) is 40.3 Å². The van der Waals surface area contributed by atoms with Gasteiger partial charge in [-0.1, -0.05) is 29.8 Å². The Morgan fingerprint density at radius 1 is 1.23 bits per heavy atom. The van der Waals surface area contributed by atoms with Crippen LogP contribution in [0.15, 0.2) is 39.6 Å². The normalized spacial score (nSPS) is 19.0. The highest BCUT2D eigenvalue weighted by molar-refractivity contribution is 7.94. The van der Waals surface area contributed by atoms with Crippen molar-refractivity contribution < 1.29 is 8.42 Å². The van der Waals surface area contributed by atoms with E-state index in [4.69, 9.17) is 11.6 Å². The maximum Gasteiger partial charge on any atom is 0.201 e. The molecule has 0 aliphatic carbocycles. The molecule has 0 bridgehead atoms. The van der Waals surface area contributed by atoms with E-state index < -0.39 is 9.84 Å². The van der Waals surface area contributed by atoms with E-state index >= 15 is 0 Å². The predicted octanol–water partition coefficient (Wildman–Crippen LogP) is 2.10. The van der Waals surface area contributed by atoms with Crippen LogP contribution in [0.1, 0.15) is 5.56 Å². The Bertz CT molecular complexity index is 474. The first-order chi connectivity index (χ1) is 6.09. The summed E-state index contributed by atoms with van der Waals surface area (Å²) in [5, 5.41) is 1.50. The third-order valence-electron chi connectivity index (χ3n) is 1.92. The number of fused-ring (bicyclic) bond motifs is 1. The first kappa shape index (κ1) is 8.78. The molecule has 1 aromatic rings. The molecule has 1 heterocycles. The standard InChI is InChI=1S/C9H7ClO2S/c10-8-5-7-3-1-2-4-9(7)13(11,12)6-8/h1-4,6H,5H2. The highest BCUT2D eigenvalue weighted by Crippen LogP contribution is 2.28. The van der Waals surface area contributed by atoms with Crippen LogP contribution in [0, 0.1) is 0 Å². The number of hydrogen-bond acceptors (Lipinski definition) is 2. The van der Waals surface area contributed by atoms with E-state index in [1.54, 1.807) is 18.2 Å². The van der Waals surface area contributed by atoms with Crippen molar-refractivity contribution in [3.63, 3.8) is 0 Å². The third kappa shape index (κ3) is 1.49. The minimum Gasteiger partial charge on any atom is -0.219 e. The average molecular weight is 215 g/mol. The molecular formula is C9H7ClO2S. The lowest BCUT2D eigenvalue weighted by Gasteiger charge is -2.12. The summed E-state index contributed by atoms with van der Waals surface area (Å²) in [7, 11) is -3.29. The lowest BCUT2D eigenvalue weighted by atomic mass is 10.1. The van der Waals surface area contributed by atoms with Crippen LogP contribution in [0.4, 0.5) is 0 Å². The summed E-state index contributed by atoms with van der Waals surface area (Å²) < 4.78 is 23.0. The zero-order valence-electron chi connectivity index (χ0n) is 6.70. The Hall–Kier alpha value is -0.800. The van der Waals surface area contributed by atoms with Crippen molar-refractivity contribution in [1.82, 2.24) is 0 Å². The molecule has 0 saturated heterocycles. The summed E-state index contributed by atoms with van der Waals surface area (Å²) in [6.45, 7) is 0. The van der Waals surface area contributed by atoms with Gasteiger partial charge in [-0.3, -0.25) is 0 Å². The molecule has 0 unspecified atom stereocenters. The number of benzene rings is 1. The molecule has 68 valence electrons. The first-order valence-corrected chi connectivity index (χ1v) is 5.71. The van der Waals surface area contributed by atoms with Crippen LogP contribution in [0.2, 0.25) is 0 Å². The van der Waals surface area contributed by atoms with Crippen molar-refractivity contribution in [3.8, 4) is 0 Å². The third-order valence-corrected chi connectivity index (χ3v) is 3.90. The second kappa shape index (κ2) is 2.86. The van der Waals surface area contributed by atoms with Gasteiger partial charge < -0.3 is 0 Å². The van der Waals surface area contributed by atoms with Crippen molar-refractivity contribution >= 4 is 21.4 Å². The van der Waals surface area contributed by atoms with Gasteiger partial charge in [0.2, 0.25) is 9.84 Å². The summed E-state index contributed by atoms with van der Waals surface area (Å²) in [6.07, 6.45) is 0.511. The molecule has 1 aromatic carbocycles. The minimum atomic E-state index is -3.29. The average Bonchev–Trinajstić information content (AvgIpc) is 2.02. The summed E-state index contributed by atoms with van der Waals surface area (Å²) >= 11 is 5.71. The lowest BCUT2D eigenvalue weighted by Crippen LogP contribution is -2.07. The quantitative estimate of drug-likeness (QED) is 0.663. The fourth-order valence-corrected chi connectivity index (χ4v) is 3.20. The van der Waals surface area contributed by atoms with Crippen molar-refractivity contribution in [2.45, 2.75) is 11.3 Å². The molecule has 1 aliphatic rings. The number of allylic oxidation sites excluding steroid dienone is 1. The highest BCUT2D eigenvalue weighted by Gasteiger charge is 2.21. The molecular weight excluding hydrogens is 208 g/mol. The van der Waals surface area contributed by atoms with Crippen LogP contribution in [0.3, 0.4) is 0 Å². The monoisotopic (exact) mass is 214 g/mol. The van der Waals surface area contributed by atoms with Crippen LogP contribution < -0.4 is 0 Å². The largest absolute Gasteiger partial charge is 0.219 e. The maximum absolute atomic E-state index is 11.5. The summed E-state index contributed by atoms with van der Waals surface area (Å²) in [6, 6.07) is 6.90. The molecule has 0 atom stereocenters. The fourth-order valence-electron chi connectivity index (χ4n) is 1.38. The molecule has 0 aromatic heterocycles. The van der Waals surface area contributed by atoms with Crippen LogP contribution in [-0.4, -0.2) is 8.42 Å². The predicted molar refractivity (Wildman–Crippen MR) is 51.3 cm³/mol. The van der Waals surface area contributed by atoms with Crippen molar-refractivity contribution in [1.29, 1.82) is 0 Å². The van der Waals surface area contributed by atoms with Gasteiger partial charge in [0.1, 0.15) is 0 Å². The van der Waals surface area contributed by atoms with E-state index in [2.05, 4.69) is 0 Å². The minimum absolute atomic E-state index is 0.374. The smallest absolute Gasteiger partial charge is 0.201 e. The second-order valence-corrected chi connectivity index (χ2v) is 5.15. The van der Waals surface area contributed by atoms with E-state index in [-0.39, 0.29) is 0 Å². The SMILES string of the molecule is O=S1(=O)C=C(Cl)Cc2ccccc21. The van der Waals surface area contributed by atoms with Gasteiger partial charge in [-0.25, -0.2) is 8.42 Å². The molecule has 2 nitrogen and oxygen atoms in total. The Labute approximate surface area is 81.8 Å².